The topological polar surface area (TPSA) is 66.8 Å². The van der Waals surface area contributed by atoms with Gasteiger partial charge in [-0.1, -0.05) is 31.5 Å². The molecule has 25 heavy (non-hydrogen) atoms. The van der Waals surface area contributed by atoms with Crippen molar-refractivity contribution in [1.82, 2.24) is 4.90 Å². The van der Waals surface area contributed by atoms with E-state index in [-0.39, 0.29) is 24.2 Å². The predicted molar refractivity (Wildman–Crippen MR) is 96.9 cm³/mol. The van der Waals surface area contributed by atoms with E-state index >= 15 is 0 Å². The van der Waals surface area contributed by atoms with Gasteiger partial charge in [-0.3, -0.25) is 9.59 Å². The Balaban J connectivity index is 2.02. The molecule has 1 saturated heterocycles. The quantitative estimate of drug-likeness (QED) is 0.794. The zero-order valence-corrected chi connectivity index (χ0v) is 15.5. The lowest BCUT2D eigenvalue weighted by molar-refractivity contribution is -0.142. The lowest BCUT2D eigenvalue weighted by Crippen LogP contribution is -2.48. The van der Waals surface area contributed by atoms with Gasteiger partial charge in [0.05, 0.1) is 0 Å². The van der Waals surface area contributed by atoms with Gasteiger partial charge in [0, 0.05) is 24.5 Å². The average Bonchev–Trinajstić information content (AvgIpc) is 2.57. The smallest absolute Gasteiger partial charge is 0.303 e. The second-order valence-electron chi connectivity index (χ2n) is 6.96. The first-order chi connectivity index (χ1) is 11.9. The number of rotatable bonds is 7. The number of carbonyl (C=O) groups is 2. The van der Waals surface area contributed by atoms with Crippen LogP contribution < -0.4 is 4.74 Å². The van der Waals surface area contributed by atoms with E-state index in [0.29, 0.717) is 30.3 Å². The molecule has 1 heterocycles. The average molecular weight is 368 g/mol. The molecule has 1 aromatic carbocycles. The number of halogens is 1. The third kappa shape index (κ3) is 5.92. The van der Waals surface area contributed by atoms with E-state index in [4.69, 9.17) is 21.4 Å². The van der Waals surface area contributed by atoms with Crippen molar-refractivity contribution in [3.63, 3.8) is 0 Å². The third-order valence-electron chi connectivity index (χ3n) is 4.51. The van der Waals surface area contributed by atoms with E-state index in [2.05, 4.69) is 0 Å². The Kier molecular flexibility index (Phi) is 7.12. The number of benzene rings is 1. The molecule has 2 rings (SSSR count). The van der Waals surface area contributed by atoms with Gasteiger partial charge >= 0.3 is 5.97 Å². The third-order valence-corrected chi connectivity index (χ3v) is 4.74. The number of carbonyl (C=O) groups excluding carboxylic acids is 1. The fraction of sp³-hybridized carbons (Fsp3) is 0.579. The van der Waals surface area contributed by atoms with Crippen LogP contribution in [0.4, 0.5) is 0 Å². The van der Waals surface area contributed by atoms with Crippen LogP contribution in [0.3, 0.4) is 0 Å². The minimum atomic E-state index is -0.784. The number of aliphatic carboxylic acids is 1. The zero-order valence-electron chi connectivity index (χ0n) is 14.8. The summed E-state index contributed by atoms with van der Waals surface area (Å²) in [5.74, 6) is 0.0282. The van der Waals surface area contributed by atoms with Gasteiger partial charge < -0.3 is 14.7 Å². The summed E-state index contributed by atoms with van der Waals surface area (Å²) in [5, 5.41) is 9.42. The van der Waals surface area contributed by atoms with Crippen molar-refractivity contribution in [2.45, 2.75) is 45.6 Å². The van der Waals surface area contributed by atoms with Crippen molar-refractivity contribution in [2.24, 2.45) is 11.8 Å². The summed E-state index contributed by atoms with van der Waals surface area (Å²) in [6.45, 7) is 5.22. The monoisotopic (exact) mass is 367 g/mol. The van der Waals surface area contributed by atoms with Gasteiger partial charge in [0.2, 0.25) is 0 Å². The summed E-state index contributed by atoms with van der Waals surface area (Å²) in [7, 11) is 0. The second-order valence-corrected chi connectivity index (χ2v) is 7.40. The number of ether oxygens (including phenoxy) is 1. The Hall–Kier alpha value is -1.75. The van der Waals surface area contributed by atoms with Crippen LogP contribution in [-0.4, -0.2) is 41.1 Å². The number of hydrogen-bond donors (Lipinski definition) is 1. The van der Waals surface area contributed by atoms with E-state index in [1.807, 2.05) is 18.7 Å². The number of hydrogen-bond acceptors (Lipinski definition) is 3. The highest BCUT2D eigenvalue weighted by atomic mass is 35.5. The highest BCUT2D eigenvalue weighted by Crippen LogP contribution is 2.25. The van der Waals surface area contributed by atoms with Crippen molar-refractivity contribution in [3.8, 4) is 5.75 Å². The first kappa shape index (κ1) is 19.6. The van der Waals surface area contributed by atoms with Crippen LogP contribution in [0.15, 0.2) is 24.3 Å². The van der Waals surface area contributed by atoms with Crippen molar-refractivity contribution in [3.05, 3.63) is 29.3 Å². The molecule has 6 heteroatoms. The molecule has 0 bridgehead atoms. The first-order valence-electron chi connectivity index (χ1n) is 8.79. The Morgan fingerprint density at radius 2 is 2.16 bits per heavy atom. The molecular formula is C19H26ClNO4. The van der Waals surface area contributed by atoms with Gasteiger partial charge in [-0.25, -0.2) is 0 Å². The molecule has 1 amide bonds. The predicted octanol–water partition coefficient (Wildman–Crippen LogP) is 3.85. The molecule has 1 aliphatic rings. The molecule has 0 spiro atoms. The molecule has 1 aliphatic heterocycles. The number of piperidine rings is 1. The van der Waals surface area contributed by atoms with E-state index < -0.39 is 12.1 Å². The molecule has 1 aromatic rings. The van der Waals surface area contributed by atoms with Gasteiger partial charge in [0.15, 0.2) is 6.10 Å². The summed E-state index contributed by atoms with van der Waals surface area (Å²) >= 11 is 5.99. The van der Waals surface area contributed by atoms with Gasteiger partial charge in [-0.2, -0.15) is 0 Å². The van der Waals surface area contributed by atoms with E-state index in [0.717, 1.165) is 12.8 Å². The highest BCUT2D eigenvalue weighted by Gasteiger charge is 2.32. The molecule has 1 N–H and O–H groups in total. The van der Waals surface area contributed by atoms with Crippen molar-refractivity contribution >= 4 is 23.5 Å². The molecule has 0 saturated carbocycles. The summed E-state index contributed by atoms with van der Waals surface area (Å²) in [6, 6.07) is 7.05. The summed E-state index contributed by atoms with van der Waals surface area (Å²) in [5.41, 5.74) is 0. The molecule has 2 atom stereocenters. The van der Waals surface area contributed by atoms with Crippen LogP contribution in [0, 0.1) is 11.8 Å². The van der Waals surface area contributed by atoms with Crippen LogP contribution >= 0.6 is 11.6 Å². The molecular weight excluding hydrogens is 342 g/mol. The lowest BCUT2D eigenvalue weighted by Gasteiger charge is -2.35. The van der Waals surface area contributed by atoms with E-state index in [1.165, 1.54) is 0 Å². The zero-order chi connectivity index (χ0) is 18.4. The first-order valence-corrected chi connectivity index (χ1v) is 9.17. The molecule has 1 fully saturated rings. The SMILES string of the molecule is CC(C)C(Oc1cccc(Cl)c1)C(=O)N1CCCC(CCC(=O)O)C1. The van der Waals surface area contributed by atoms with Gasteiger partial charge in [-0.05, 0) is 49.3 Å². The maximum Gasteiger partial charge on any atom is 0.303 e. The Morgan fingerprint density at radius 1 is 1.40 bits per heavy atom. The van der Waals surface area contributed by atoms with Crippen LogP contribution in [0.5, 0.6) is 5.75 Å². The maximum atomic E-state index is 13.0. The standard InChI is InChI=1S/C19H26ClNO4/c1-13(2)18(25-16-7-3-6-15(20)11-16)19(24)21-10-4-5-14(12-21)8-9-17(22)23/h3,6-7,11,13-14,18H,4-5,8-10,12H2,1-2H3,(H,22,23). The molecule has 0 radical (unpaired) electrons. The van der Waals surface area contributed by atoms with Crippen LogP contribution in [-0.2, 0) is 9.59 Å². The molecule has 5 nitrogen and oxygen atoms in total. The summed E-state index contributed by atoms with van der Waals surface area (Å²) < 4.78 is 5.94. The summed E-state index contributed by atoms with van der Waals surface area (Å²) in [4.78, 5) is 25.6. The summed E-state index contributed by atoms with van der Waals surface area (Å²) in [6.07, 6.45) is 2.06. The van der Waals surface area contributed by atoms with Gasteiger partial charge in [0.1, 0.15) is 5.75 Å². The highest BCUT2D eigenvalue weighted by molar-refractivity contribution is 6.30. The Labute approximate surface area is 153 Å². The number of amides is 1. The fourth-order valence-corrected chi connectivity index (χ4v) is 3.35. The van der Waals surface area contributed by atoms with Crippen LogP contribution in [0.1, 0.15) is 39.5 Å². The molecule has 0 aliphatic carbocycles. The number of nitrogens with zero attached hydrogens (tertiary/aromatic N) is 1. The maximum absolute atomic E-state index is 13.0. The normalized spacial score (nSPS) is 18.9. The Morgan fingerprint density at radius 3 is 2.80 bits per heavy atom. The lowest BCUT2D eigenvalue weighted by atomic mass is 9.92. The van der Waals surface area contributed by atoms with Crippen molar-refractivity contribution in [1.29, 1.82) is 0 Å². The number of carboxylic acid groups (broad SMARTS) is 1. The van der Waals surface area contributed by atoms with E-state index in [1.54, 1.807) is 24.3 Å². The van der Waals surface area contributed by atoms with Gasteiger partial charge in [0.25, 0.3) is 5.91 Å². The van der Waals surface area contributed by atoms with Crippen LogP contribution in [0.2, 0.25) is 5.02 Å². The minimum Gasteiger partial charge on any atom is -0.481 e. The molecule has 138 valence electrons. The number of carboxylic acids is 1. The van der Waals surface area contributed by atoms with Gasteiger partial charge in [-0.15, -0.1) is 0 Å². The fourth-order valence-electron chi connectivity index (χ4n) is 3.17. The molecule has 2 unspecified atom stereocenters. The van der Waals surface area contributed by atoms with Crippen LogP contribution in [0.25, 0.3) is 0 Å². The number of likely N-dealkylation sites (tertiary alicyclic amines) is 1. The largest absolute Gasteiger partial charge is 0.481 e. The Bertz CT molecular complexity index is 605. The van der Waals surface area contributed by atoms with Crippen molar-refractivity contribution in [2.75, 3.05) is 13.1 Å². The molecule has 0 aromatic heterocycles. The van der Waals surface area contributed by atoms with Crippen molar-refractivity contribution < 1.29 is 19.4 Å². The minimum absolute atomic E-state index is 0.0193. The second kappa shape index (κ2) is 9.09. The van der Waals surface area contributed by atoms with E-state index in [9.17, 15) is 9.59 Å².